The van der Waals surface area contributed by atoms with Crippen LogP contribution in [0.5, 0.6) is 0 Å². The van der Waals surface area contributed by atoms with Gasteiger partial charge in [-0.15, -0.1) is 0 Å². The van der Waals surface area contributed by atoms with Crippen molar-refractivity contribution in [3.8, 4) is 0 Å². The molecule has 0 bridgehead atoms. The Morgan fingerprint density at radius 1 is 1.12 bits per heavy atom. The van der Waals surface area contributed by atoms with Crippen LogP contribution in [0.15, 0.2) is 12.4 Å². The Bertz CT molecular complexity index is 276. The molecule has 0 fully saturated rings. The number of anilines is 1. The first-order valence-corrected chi connectivity index (χ1v) is 5.53. The number of hydrogen-bond acceptors (Lipinski definition) is 5. The second kappa shape index (κ2) is 9.06. The molecule has 0 atom stereocenters. The van der Waals surface area contributed by atoms with Gasteiger partial charge in [0.25, 0.3) is 0 Å². The van der Waals surface area contributed by atoms with E-state index in [0.29, 0.717) is 13.1 Å². The maximum Gasteiger partial charge on any atom is 0.132 e. The molecule has 0 unspecified atom stereocenters. The van der Waals surface area contributed by atoms with Crippen molar-refractivity contribution in [1.29, 1.82) is 0 Å². The summed E-state index contributed by atoms with van der Waals surface area (Å²) in [5, 5.41) is 17.7. The lowest BCUT2D eigenvalue weighted by Gasteiger charge is -2.21. The zero-order chi connectivity index (χ0) is 12.4. The van der Waals surface area contributed by atoms with Gasteiger partial charge >= 0.3 is 0 Å². The van der Waals surface area contributed by atoms with E-state index in [1.807, 2.05) is 31.7 Å². The minimum Gasteiger partial charge on any atom is -0.395 e. The molecule has 16 heavy (non-hydrogen) atoms. The quantitative estimate of drug-likeness (QED) is 0.771. The second-order valence-electron chi connectivity index (χ2n) is 2.95. The minimum absolute atomic E-state index is 0.0447. The maximum absolute atomic E-state index is 8.83. The Kier molecular flexibility index (Phi) is 8.38. The predicted molar refractivity (Wildman–Crippen MR) is 64.5 cm³/mol. The van der Waals surface area contributed by atoms with E-state index in [1.165, 1.54) is 6.33 Å². The van der Waals surface area contributed by atoms with Crippen LogP contribution in [0, 0.1) is 6.92 Å². The van der Waals surface area contributed by atoms with Gasteiger partial charge in [0.05, 0.1) is 13.2 Å². The van der Waals surface area contributed by atoms with Crippen LogP contribution in [0.1, 0.15) is 19.5 Å². The lowest BCUT2D eigenvalue weighted by Crippen LogP contribution is -2.30. The van der Waals surface area contributed by atoms with Gasteiger partial charge in [0.15, 0.2) is 0 Å². The Morgan fingerprint density at radius 2 is 1.69 bits per heavy atom. The fourth-order valence-electron chi connectivity index (χ4n) is 1.20. The van der Waals surface area contributed by atoms with Crippen molar-refractivity contribution in [3.63, 3.8) is 0 Å². The van der Waals surface area contributed by atoms with Gasteiger partial charge in [-0.3, -0.25) is 0 Å². The summed E-state index contributed by atoms with van der Waals surface area (Å²) < 4.78 is 0. The van der Waals surface area contributed by atoms with E-state index in [4.69, 9.17) is 10.2 Å². The minimum atomic E-state index is 0.0447. The molecule has 5 heteroatoms. The molecular formula is C11H21N3O2. The van der Waals surface area contributed by atoms with Crippen LogP contribution in [0.25, 0.3) is 0 Å². The van der Waals surface area contributed by atoms with Crippen molar-refractivity contribution in [2.24, 2.45) is 0 Å². The highest BCUT2D eigenvalue weighted by atomic mass is 16.3. The summed E-state index contributed by atoms with van der Waals surface area (Å²) in [5.74, 6) is 0.737. The summed E-state index contributed by atoms with van der Waals surface area (Å²) >= 11 is 0. The van der Waals surface area contributed by atoms with E-state index in [0.717, 1.165) is 11.5 Å². The van der Waals surface area contributed by atoms with E-state index >= 15 is 0 Å². The number of aliphatic hydroxyl groups excluding tert-OH is 2. The van der Waals surface area contributed by atoms with Crippen LogP contribution >= 0.6 is 0 Å². The first kappa shape index (κ1) is 14.8. The molecule has 0 amide bonds. The molecule has 0 radical (unpaired) electrons. The monoisotopic (exact) mass is 227 g/mol. The van der Waals surface area contributed by atoms with Gasteiger partial charge in [-0.2, -0.15) is 0 Å². The number of nitrogens with zero attached hydrogens (tertiary/aromatic N) is 3. The summed E-state index contributed by atoms with van der Waals surface area (Å²) in [6.45, 7) is 6.90. The number of aryl methyl sites for hydroxylation is 1. The Labute approximate surface area is 96.8 Å². The summed E-state index contributed by atoms with van der Waals surface area (Å²) in [7, 11) is 0. The first-order chi connectivity index (χ1) is 7.77. The van der Waals surface area contributed by atoms with Crippen molar-refractivity contribution >= 4 is 5.82 Å². The van der Waals surface area contributed by atoms with Crippen LogP contribution in [-0.4, -0.2) is 46.5 Å². The van der Waals surface area contributed by atoms with Crippen molar-refractivity contribution in [2.75, 3.05) is 31.2 Å². The Balaban J connectivity index is 0.00000106. The average Bonchev–Trinajstić information content (AvgIpc) is 2.31. The van der Waals surface area contributed by atoms with Crippen LogP contribution in [-0.2, 0) is 0 Å². The van der Waals surface area contributed by atoms with Crippen molar-refractivity contribution < 1.29 is 10.2 Å². The zero-order valence-electron chi connectivity index (χ0n) is 10.2. The highest BCUT2D eigenvalue weighted by Gasteiger charge is 2.06. The zero-order valence-corrected chi connectivity index (χ0v) is 10.2. The van der Waals surface area contributed by atoms with E-state index in [-0.39, 0.29) is 13.2 Å². The topological polar surface area (TPSA) is 69.5 Å². The molecule has 5 nitrogen and oxygen atoms in total. The van der Waals surface area contributed by atoms with Gasteiger partial charge in [0.1, 0.15) is 12.1 Å². The Hall–Kier alpha value is -1.20. The second-order valence-corrected chi connectivity index (χ2v) is 2.95. The molecule has 0 saturated carbocycles. The highest BCUT2D eigenvalue weighted by Crippen LogP contribution is 2.09. The predicted octanol–water partition coefficient (Wildman–Crippen LogP) is 0.602. The molecule has 1 heterocycles. The van der Waals surface area contributed by atoms with Gasteiger partial charge < -0.3 is 15.1 Å². The number of aromatic nitrogens is 2. The molecule has 1 aromatic rings. The van der Waals surface area contributed by atoms with Crippen molar-refractivity contribution in [2.45, 2.75) is 20.8 Å². The van der Waals surface area contributed by atoms with E-state index in [9.17, 15) is 0 Å². The Morgan fingerprint density at radius 3 is 2.12 bits per heavy atom. The third kappa shape index (κ3) is 5.04. The number of hydrogen-bond donors (Lipinski definition) is 2. The number of rotatable bonds is 5. The summed E-state index contributed by atoms with van der Waals surface area (Å²) in [4.78, 5) is 9.86. The molecule has 1 aromatic heterocycles. The molecule has 0 spiro atoms. The fourth-order valence-corrected chi connectivity index (χ4v) is 1.20. The van der Waals surface area contributed by atoms with Gasteiger partial charge in [0.2, 0.25) is 0 Å². The third-order valence-electron chi connectivity index (χ3n) is 1.85. The normalized spacial score (nSPS) is 9.31. The van der Waals surface area contributed by atoms with E-state index < -0.39 is 0 Å². The first-order valence-electron chi connectivity index (χ1n) is 5.53. The molecule has 0 aliphatic heterocycles. The lowest BCUT2D eigenvalue weighted by atomic mass is 10.4. The van der Waals surface area contributed by atoms with Gasteiger partial charge in [-0.25, -0.2) is 9.97 Å². The highest BCUT2D eigenvalue weighted by molar-refractivity contribution is 5.38. The smallest absolute Gasteiger partial charge is 0.132 e. The van der Waals surface area contributed by atoms with Crippen LogP contribution in [0.2, 0.25) is 0 Å². The standard InChI is InChI=1S/C9H15N3O2.C2H6/c1-8-6-9(11-7-10-8)12(2-4-13)3-5-14;1-2/h6-7,13-14H,2-5H2,1H3;1-2H3. The van der Waals surface area contributed by atoms with E-state index in [1.54, 1.807) is 0 Å². The van der Waals surface area contributed by atoms with Crippen LogP contribution in [0.4, 0.5) is 5.82 Å². The van der Waals surface area contributed by atoms with Gasteiger partial charge in [-0.05, 0) is 6.92 Å². The largest absolute Gasteiger partial charge is 0.395 e. The SMILES string of the molecule is CC.Cc1cc(N(CCO)CCO)ncn1. The van der Waals surface area contributed by atoms with Crippen molar-refractivity contribution in [3.05, 3.63) is 18.1 Å². The molecule has 0 saturated heterocycles. The van der Waals surface area contributed by atoms with Crippen molar-refractivity contribution in [1.82, 2.24) is 9.97 Å². The van der Waals surface area contributed by atoms with E-state index in [2.05, 4.69) is 9.97 Å². The molecule has 0 aliphatic carbocycles. The van der Waals surface area contributed by atoms with Gasteiger partial charge in [-0.1, -0.05) is 13.8 Å². The molecule has 0 aliphatic rings. The molecular weight excluding hydrogens is 206 g/mol. The lowest BCUT2D eigenvalue weighted by molar-refractivity contribution is 0.280. The summed E-state index contributed by atoms with van der Waals surface area (Å²) in [6, 6.07) is 1.82. The molecule has 92 valence electrons. The fraction of sp³-hybridized carbons (Fsp3) is 0.636. The maximum atomic E-state index is 8.83. The third-order valence-corrected chi connectivity index (χ3v) is 1.85. The molecule has 1 rings (SSSR count). The summed E-state index contributed by atoms with van der Waals surface area (Å²) in [6.07, 6.45) is 1.48. The molecule has 2 N–H and O–H groups in total. The molecule has 0 aromatic carbocycles. The van der Waals surface area contributed by atoms with Crippen LogP contribution < -0.4 is 4.90 Å². The van der Waals surface area contributed by atoms with Crippen LogP contribution in [0.3, 0.4) is 0 Å². The average molecular weight is 227 g/mol. The van der Waals surface area contributed by atoms with Gasteiger partial charge in [0, 0.05) is 24.8 Å². The number of aliphatic hydroxyl groups is 2. The summed E-state index contributed by atoms with van der Waals surface area (Å²) in [5.41, 5.74) is 0.871.